The molecule has 0 aliphatic heterocycles. The van der Waals surface area contributed by atoms with Crippen molar-refractivity contribution < 1.29 is 17.9 Å². The lowest BCUT2D eigenvalue weighted by molar-refractivity contribution is -0.274. The monoisotopic (exact) mass is 304 g/mol. The molecule has 15 heavy (non-hydrogen) atoms. The molecule has 0 unspecified atom stereocenters. The summed E-state index contributed by atoms with van der Waals surface area (Å²) in [5.41, 5.74) is 5.64. The summed E-state index contributed by atoms with van der Waals surface area (Å²) in [4.78, 5) is 3.66. The SMILES string of the molecule is NCc1ncc(OC(F)(F)F)c(Cl)c1Br. The van der Waals surface area contributed by atoms with Crippen LogP contribution in [0.25, 0.3) is 0 Å². The third kappa shape index (κ3) is 3.22. The van der Waals surface area contributed by atoms with Gasteiger partial charge in [0.25, 0.3) is 0 Å². The largest absolute Gasteiger partial charge is 0.573 e. The van der Waals surface area contributed by atoms with Crippen LogP contribution in [0.3, 0.4) is 0 Å². The summed E-state index contributed by atoms with van der Waals surface area (Å²) in [5.74, 6) is -0.562. The fourth-order valence-electron chi connectivity index (χ4n) is 0.823. The Morgan fingerprint density at radius 3 is 2.60 bits per heavy atom. The van der Waals surface area contributed by atoms with Crippen molar-refractivity contribution in [3.8, 4) is 5.75 Å². The summed E-state index contributed by atoms with van der Waals surface area (Å²) in [6, 6.07) is 0. The molecule has 1 rings (SSSR count). The number of rotatable bonds is 2. The van der Waals surface area contributed by atoms with Gasteiger partial charge in [-0.1, -0.05) is 11.6 Å². The van der Waals surface area contributed by atoms with Crippen molar-refractivity contribution in [2.45, 2.75) is 12.9 Å². The average molecular weight is 305 g/mol. The van der Waals surface area contributed by atoms with E-state index in [1.54, 1.807) is 0 Å². The van der Waals surface area contributed by atoms with Crippen LogP contribution >= 0.6 is 27.5 Å². The predicted octanol–water partition coefficient (Wildman–Crippen LogP) is 2.85. The molecule has 0 fully saturated rings. The van der Waals surface area contributed by atoms with Crippen molar-refractivity contribution in [1.29, 1.82) is 0 Å². The first-order valence-corrected chi connectivity index (χ1v) is 4.81. The van der Waals surface area contributed by atoms with Gasteiger partial charge in [0.1, 0.15) is 5.02 Å². The number of nitrogens with zero attached hydrogens (tertiary/aromatic N) is 1. The molecule has 0 saturated heterocycles. The maximum atomic E-state index is 11.9. The van der Waals surface area contributed by atoms with E-state index in [-0.39, 0.29) is 16.0 Å². The van der Waals surface area contributed by atoms with Gasteiger partial charge < -0.3 is 10.5 Å². The number of nitrogens with two attached hydrogens (primary N) is 1. The first kappa shape index (κ1) is 12.5. The van der Waals surface area contributed by atoms with E-state index in [9.17, 15) is 13.2 Å². The molecule has 0 aliphatic carbocycles. The molecular weight excluding hydrogens is 300 g/mol. The van der Waals surface area contributed by atoms with Crippen molar-refractivity contribution in [1.82, 2.24) is 4.98 Å². The topological polar surface area (TPSA) is 48.1 Å². The Hall–Kier alpha value is -0.530. The molecule has 0 saturated carbocycles. The van der Waals surface area contributed by atoms with Crippen molar-refractivity contribution in [3.63, 3.8) is 0 Å². The van der Waals surface area contributed by atoms with Crippen LogP contribution in [-0.2, 0) is 6.54 Å². The highest BCUT2D eigenvalue weighted by atomic mass is 79.9. The Kier molecular flexibility index (Phi) is 3.80. The van der Waals surface area contributed by atoms with Gasteiger partial charge in [0.15, 0.2) is 5.75 Å². The minimum Gasteiger partial charge on any atom is -0.402 e. The van der Waals surface area contributed by atoms with Gasteiger partial charge in [-0.05, 0) is 15.9 Å². The fourth-order valence-corrected chi connectivity index (χ4v) is 1.48. The Labute approximate surface area is 96.5 Å². The van der Waals surface area contributed by atoms with Gasteiger partial charge in [0, 0.05) is 6.54 Å². The molecule has 0 aromatic carbocycles. The van der Waals surface area contributed by atoms with Crippen LogP contribution in [-0.4, -0.2) is 11.3 Å². The summed E-state index contributed by atoms with van der Waals surface area (Å²) >= 11 is 8.59. The Bertz CT molecular complexity index is 372. The van der Waals surface area contributed by atoms with Crippen LogP contribution in [0.15, 0.2) is 10.7 Å². The molecule has 1 aromatic rings. The number of aromatic nitrogens is 1. The van der Waals surface area contributed by atoms with E-state index in [4.69, 9.17) is 17.3 Å². The molecule has 0 aliphatic rings. The van der Waals surface area contributed by atoms with Gasteiger partial charge in [0.2, 0.25) is 0 Å². The third-order valence-electron chi connectivity index (χ3n) is 1.42. The molecule has 1 aromatic heterocycles. The highest BCUT2D eigenvalue weighted by Gasteiger charge is 2.32. The standard InChI is InChI=1S/C7H5BrClF3N2O/c8-5-3(1-13)14-2-4(6(5)9)15-7(10,11)12/h2H,1,13H2. The maximum absolute atomic E-state index is 11.9. The van der Waals surface area contributed by atoms with Crippen LogP contribution in [0.1, 0.15) is 5.69 Å². The van der Waals surface area contributed by atoms with Crippen LogP contribution < -0.4 is 10.5 Å². The van der Waals surface area contributed by atoms with Crippen molar-refractivity contribution in [2.24, 2.45) is 5.73 Å². The molecule has 8 heteroatoms. The lowest BCUT2D eigenvalue weighted by Crippen LogP contribution is -2.18. The van der Waals surface area contributed by atoms with Gasteiger partial charge in [-0.2, -0.15) is 0 Å². The minimum atomic E-state index is -4.80. The smallest absolute Gasteiger partial charge is 0.402 e. The van der Waals surface area contributed by atoms with Crippen LogP contribution in [0.5, 0.6) is 5.75 Å². The molecule has 0 radical (unpaired) electrons. The molecule has 84 valence electrons. The van der Waals surface area contributed by atoms with Gasteiger partial charge in [-0.15, -0.1) is 13.2 Å². The highest BCUT2D eigenvalue weighted by molar-refractivity contribution is 9.10. The Morgan fingerprint density at radius 1 is 1.53 bits per heavy atom. The zero-order chi connectivity index (χ0) is 11.6. The number of halogens is 5. The molecule has 3 nitrogen and oxygen atoms in total. The predicted molar refractivity (Wildman–Crippen MR) is 51.5 cm³/mol. The van der Waals surface area contributed by atoms with Crippen LogP contribution in [0.4, 0.5) is 13.2 Å². The summed E-state index contributed by atoms with van der Waals surface area (Å²) in [6.45, 7) is 0.0621. The number of hydrogen-bond donors (Lipinski definition) is 1. The van der Waals surface area contributed by atoms with Crippen molar-refractivity contribution in [3.05, 3.63) is 21.4 Å². The van der Waals surface area contributed by atoms with E-state index in [1.807, 2.05) is 0 Å². The average Bonchev–Trinajstić information content (AvgIpc) is 2.11. The molecule has 2 N–H and O–H groups in total. The summed E-state index contributed by atoms with van der Waals surface area (Å²) in [7, 11) is 0. The molecule has 0 spiro atoms. The third-order valence-corrected chi connectivity index (χ3v) is 2.88. The first-order valence-electron chi connectivity index (χ1n) is 3.64. The lowest BCUT2D eigenvalue weighted by atomic mass is 10.3. The van der Waals surface area contributed by atoms with E-state index in [2.05, 4.69) is 25.7 Å². The van der Waals surface area contributed by atoms with E-state index >= 15 is 0 Å². The van der Waals surface area contributed by atoms with Gasteiger partial charge in [0.05, 0.1) is 16.4 Å². The Morgan fingerprint density at radius 2 is 2.13 bits per heavy atom. The summed E-state index contributed by atoms with van der Waals surface area (Å²) in [5, 5.41) is -0.206. The normalized spacial score (nSPS) is 11.6. The number of pyridine rings is 1. The molecule has 0 atom stereocenters. The summed E-state index contributed by atoms with van der Waals surface area (Å²) in [6.07, 6.45) is -3.92. The van der Waals surface area contributed by atoms with E-state index in [0.717, 1.165) is 6.20 Å². The van der Waals surface area contributed by atoms with Crippen LogP contribution in [0.2, 0.25) is 5.02 Å². The summed E-state index contributed by atoms with van der Waals surface area (Å²) < 4.78 is 39.5. The number of hydrogen-bond acceptors (Lipinski definition) is 3. The second-order valence-corrected chi connectivity index (χ2v) is 3.62. The zero-order valence-corrected chi connectivity index (χ0v) is 9.45. The quantitative estimate of drug-likeness (QED) is 0.914. The fraction of sp³-hybridized carbons (Fsp3) is 0.286. The van der Waals surface area contributed by atoms with Crippen molar-refractivity contribution >= 4 is 27.5 Å². The highest BCUT2D eigenvalue weighted by Crippen LogP contribution is 2.36. The van der Waals surface area contributed by atoms with E-state index < -0.39 is 12.1 Å². The lowest BCUT2D eigenvalue weighted by Gasteiger charge is -2.11. The first-order chi connectivity index (χ1) is 6.85. The van der Waals surface area contributed by atoms with E-state index in [1.165, 1.54) is 0 Å². The van der Waals surface area contributed by atoms with Crippen LogP contribution in [0, 0.1) is 0 Å². The number of ether oxygens (including phenoxy) is 1. The van der Waals surface area contributed by atoms with Crippen molar-refractivity contribution in [2.75, 3.05) is 0 Å². The molecule has 0 amide bonds. The van der Waals surface area contributed by atoms with Gasteiger partial charge in [-0.25, -0.2) is 0 Å². The second kappa shape index (κ2) is 4.54. The molecule has 0 bridgehead atoms. The van der Waals surface area contributed by atoms with E-state index in [0.29, 0.717) is 5.69 Å². The molecular formula is C7H5BrClF3N2O. The zero-order valence-electron chi connectivity index (χ0n) is 7.11. The Balaban J connectivity index is 3.07. The minimum absolute atomic E-state index is 0.0621. The second-order valence-electron chi connectivity index (χ2n) is 2.45. The van der Waals surface area contributed by atoms with Gasteiger partial charge in [-0.3, -0.25) is 4.98 Å². The number of alkyl halides is 3. The van der Waals surface area contributed by atoms with Gasteiger partial charge >= 0.3 is 6.36 Å². The molecule has 1 heterocycles. The maximum Gasteiger partial charge on any atom is 0.573 e.